The van der Waals surface area contributed by atoms with Gasteiger partial charge in [0.15, 0.2) is 17.2 Å². The van der Waals surface area contributed by atoms with Crippen LogP contribution in [-0.2, 0) is 0 Å². The summed E-state index contributed by atoms with van der Waals surface area (Å²) in [5.41, 5.74) is 7.14. The Morgan fingerprint density at radius 2 is 1.76 bits per heavy atom. The van der Waals surface area contributed by atoms with E-state index >= 15 is 0 Å². The van der Waals surface area contributed by atoms with Gasteiger partial charge in [0.2, 0.25) is 0 Å². The van der Waals surface area contributed by atoms with Crippen LogP contribution in [-0.4, -0.2) is 23.6 Å². The molecule has 0 amide bonds. The molecule has 0 N–H and O–H groups in total. The largest absolute Gasteiger partial charge is 0.493 e. The van der Waals surface area contributed by atoms with E-state index < -0.39 is 5.72 Å². The lowest BCUT2D eigenvalue weighted by atomic mass is 9.78. The second-order valence-corrected chi connectivity index (χ2v) is 10.0. The number of hydrogen-bond acceptors (Lipinski definition) is 4. The third kappa shape index (κ3) is 3.39. The number of para-hydroxylation sites is 1. The maximum absolute atomic E-state index is 6.91. The van der Waals surface area contributed by atoms with E-state index in [0.29, 0.717) is 5.92 Å². The molecule has 0 saturated heterocycles. The van der Waals surface area contributed by atoms with Crippen molar-refractivity contribution in [1.29, 1.82) is 0 Å². The normalized spacial score (nSPS) is 25.4. The second-order valence-electron chi connectivity index (χ2n) is 10.0. The molecule has 3 aromatic carbocycles. The summed E-state index contributed by atoms with van der Waals surface area (Å²) in [5, 5.41) is 7.61. The number of rotatable bonds is 3. The molecule has 2 aliphatic heterocycles. The molecule has 1 aliphatic carbocycles. The topological polar surface area (TPSA) is 34.1 Å². The number of ether oxygens (including phenoxy) is 2. The fourth-order valence-electron chi connectivity index (χ4n) is 6.10. The molecule has 1 saturated carbocycles. The molecule has 3 aliphatic rings. The van der Waals surface area contributed by atoms with Crippen molar-refractivity contribution in [3.63, 3.8) is 0 Å². The highest BCUT2D eigenvalue weighted by atomic mass is 16.5. The fourth-order valence-corrected chi connectivity index (χ4v) is 6.10. The van der Waals surface area contributed by atoms with Gasteiger partial charge in [0.25, 0.3) is 0 Å². The Bertz CT molecular complexity index is 1240. The van der Waals surface area contributed by atoms with E-state index in [-0.39, 0.29) is 6.04 Å². The molecule has 1 spiro atoms. The van der Waals surface area contributed by atoms with Gasteiger partial charge < -0.3 is 9.47 Å². The molecular weight excluding hydrogens is 420 g/mol. The first-order chi connectivity index (χ1) is 16.6. The molecule has 0 bridgehead atoms. The molecule has 174 valence electrons. The van der Waals surface area contributed by atoms with Crippen LogP contribution >= 0.6 is 0 Å². The van der Waals surface area contributed by atoms with E-state index in [2.05, 4.69) is 79.5 Å². The first-order valence-electron chi connectivity index (χ1n) is 12.4. The molecule has 0 unspecified atom stereocenters. The summed E-state index contributed by atoms with van der Waals surface area (Å²) in [6.45, 7) is 4.34. The van der Waals surface area contributed by atoms with Gasteiger partial charge in [0, 0.05) is 30.4 Å². The molecule has 2 heterocycles. The van der Waals surface area contributed by atoms with Gasteiger partial charge in [-0.25, -0.2) is 5.01 Å². The summed E-state index contributed by atoms with van der Waals surface area (Å²) in [5.74, 6) is 2.29. The van der Waals surface area contributed by atoms with Crippen molar-refractivity contribution in [2.45, 2.75) is 63.6 Å². The van der Waals surface area contributed by atoms with Gasteiger partial charge in [-0.15, -0.1) is 0 Å². The lowest BCUT2D eigenvalue weighted by molar-refractivity contribution is -0.143. The van der Waals surface area contributed by atoms with Gasteiger partial charge in [0.05, 0.1) is 18.9 Å². The van der Waals surface area contributed by atoms with Crippen molar-refractivity contribution in [1.82, 2.24) is 5.01 Å². The highest BCUT2D eigenvalue weighted by Crippen LogP contribution is 2.55. The molecule has 4 nitrogen and oxygen atoms in total. The first kappa shape index (κ1) is 21.3. The van der Waals surface area contributed by atoms with Crippen molar-refractivity contribution < 1.29 is 9.47 Å². The Morgan fingerprint density at radius 3 is 2.53 bits per heavy atom. The van der Waals surface area contributed by atoms with Gasteiger partial charge in [-0.2, -0.15) is 5.10 Å². The minimum Gasteiger partial charge on any atom is -0.493 e. The van der Waals surface area contributed by atoms with Gasteiger partial charge in [-0.05, 0) is 55.9 Å². The minimum atomic E-state index is -0.433. The van der Waals surface area contributed by atoms with Crippen molar-refractivity contribution in [3.05, 3.63) is 94.5 Å². The third-order valence-corrected chi connectivity index (χ3v) is 7.95. The molecule has 6 rings (SSSR count). The van der Waals surface area contributed by atoms with Crippen LogP contribution in [0.2, 0.25) is 0 Å². The number of hydrogen-bond donors (Lipinski definition) is 0. The average Bonchev–Trinajstić information content (AvgIpc) is 3.33. The number of benzene rings is 3. The average molecular weight is 453 g/mol. The zero-order valence-corrected chi connectivity index (χ0v) is 20.3. The number of nitrogens with zero attached hydrogens (tertiary/aromatic N) is 2. The zero-order chi connectivity index (χ0) is 23.3. The SMILES string of the molecule is COc1cccc2c1OC1(CCC(c3ccccc3)CC1)N1N=C(c3cc(C)ccc3C)C[C@H]21. The fraction of sp³-hybridized carbons (Fsp3) is 0.367. The van der Waals surface area contributed by atoms with Gasteiger partial charge in [-0.3, -0.25) is 0 Å². The number of methoxy groups -OCH3 is 1. The van der Waals surface area contributed by atoms with Crippen molar-refractivity contribution in [3.8, 4) is 11.5 Å². The molecule has 34 heavy (non-hydrogen) atoms. The minimum absolute atomic E-state index is 0.169. The van der Waals surface area contributed by atoms with Crippen LogP contribution in [0, 0.1) is 13.8 Å². The number of aryl methyl sites for hydroxylation is 2. The van der Waals surface area contributed by atoms with Gasteiger partial charge >= 0.3 is 0 Å². The molecule has 0 radical (unpaired) electrons. The monoisotopic (exact) mass is 452 g/mol. The van der Waals surface area contributed by atoms with Gasteiger partial charge in [-0.1, -0.05) is 60.2 Å². The van der Waals surface area contributed by atoms with Crippen LogP contribution in [0.25, 0.3) is 0 Å². The predicted molar refractivity (Wildman–Crippen MR) is 136 cm³/mol. The summed E-state index contributed by atoms with van der Waals surface area (Å²) in [7, 11) is 1.73. The van der Waals surface area contributed by atoms with Crippen molar-refractivity contribution >= 4 is 5.71 Å². The highest BCUT2D eigenvalue weighted by Gasteiger charge is 2.52. The predicted octanol–water partition coefficient (Wildman–Crippen LogP) is 6.91. The van der Waals surface area contributed by atoms with E-state index in [0.717, 1.165) is 49.3 Å². The molecule has 1 fully saturated rings. The maximum atomic E-state index is 6.91. The Morgan fingerprint density at radius 1 is 0.971 bits per heavy atom. The van der Waals surface area contributed by atoms with E-state index in [9.17, 15) is 0 Å². The van der Waals surface area contributed by atoms with Crippen LogP contribution < -0.4 is 9.47 Å². The van der Waals surface area contributed by atoms with Crippen LogP contribution in [0.3, 0.4) is 0 Å². The summed E-state index contributed by atoms with van der Waals surface area (Å²) < 4.78 is 12.7. The van der Waals surface area contributed by atoms with E-state index in [1.165, 1.54) is 27.8 Å². The van der Waals surface area contributed by atoms with Crippen LogP contribution in [0.4, 0.5) is 0 Å². The summed E-state index contributed by atoms with van der Waals surface area (Å²) in [4.78, 5) is 0. The summed E-state index contributed by atoms with van der Waals surface area (Å²) >= 11 is 0. The van der Waals surface area contributed by atoms with Crippen molar-refractivity contribution in [2.75, 3.05) is 7.11 Å². The van der Waals surface area contributed by atoms with Crippen LogP contribution in [0.15, 0.2) is 71.8 Å². The number of fused-ring (bicyclic) bond motifs is 4. The van der Waals surface area contributed by atoms with E-state index in [1.54, 1.807) is 7.11 Å². The van der Waals surface area contributed by atoms with Gasteiger partial charge in [0.1, 0.15) is 0 Å². The zero-order valence-electron chi connectivity index (χ0n) is 20.3. The molecule has 4 heteroatoms. The Labute approximate surface area is 202 Å². The maximum Gasteiger partial charge on any atom is 0.198 e. The molecule has 0 aromatic heterocycles. The summed E-state index contributed by atoms with van der Waals surface area (Å²) in [6.07, 6.45) is 4.96. The smallest absolute Gasteiger partial charge is 0.198 e. The molecular formula is C30H32N2O2. The molecule has 1 atom stereocenters. The van der Waals surface area contributed by atoms with Crippen LogP contribution in [0.5, 0.6) is 11.5 Å². The standard InChI is InChI=1S/C30H32N2O2/c1-20-12-13-21(2)25(18-20)26-19-27-24-10-7-11-28(33-3)29(24)34-30(32(27)31-26)16-14-23(15-17-30)22-8-5-4-6-9-22/h4-13,18,23,27H,14-17,19H2,1-3H3/t23?,27-,30?/m1/s1. The first-order valence-corrected chi connectivity index (χ1v) is 12.4. The Hall–Kier alpha value is -3.27. The molecule has 3 aromatic rings. The Balaban J connectivity index is 1.40. The second kappa shape index (κ2) is 8.19. The number of hydrazone groups is 1. The lowest BCUT2D eigenvalue weighted by Crippen LogP contribution is -2.55. The quantitative estimate of drug-likeness (QED) is 0.433. The summed E-state index contributed by atoms with van der Waals surface area (Å²) in [6, 6.07) is 24.0. The third-order valence-electron chi connectivity index (χ3n) is 7.95. The highest BCUT2D eigenvalue weighted by molar-refractivity contribution is 6.03. The van der Waals surface area contributed by atoms with Crippen LogP contribution in [0.1, 0.15) is 71.9 Å². The van der Waals surface area contributed by atoms with E-state index in [4.69, 9.17) is 14.6 Å². The Kier molecular flexibility index (Phi) is 5.13. The van der Waals surface area contributed by atoms with E-state index in [1.807, 2.05) is 6.07 Å². The lowest BCUT2D eigenvalue weighted by Gasteiger charge is -2.50. The van der Waals surface area contributed by atoms with Crippen molar-refractivity contribution in [2.24, 2.45) is 5.10 Å².